The molecule has 1 saturated heterocycles. The van der Waals surface area contributed by atoms with Gasteiger partial charge in [-0.2, -0.15) is 0 Å². The van der Waals surface area contributed by atoms with Crippen molar-refractivity contribution in [2.75, 3.05) is 26.2 Å². The Hall–Kier alpha value is 0.430. The largest absolute Gasteiger partial charge is 1.00 e. The van der Waals surface area contributed by atoms with E-state index in [0.29, 0.717) is 0 Å². The predicted molar refractivity (Wildman–Crippen MR) is 126 cm³/mol. The van der Waals surface area contributed by atoms with Crippen molar-refractivity contribution in [1.29, 1.82) is 0 Å². The number of hydrogen-bond donors (Lipinski definition) is 0. The summed E-state index contributed by atoms with van der Waals surface area (Å²) in [5.41, 5.74) is 0. The second-order valence-electron chi connectivity index (χ2n) is 10.3. The Morgan fingerprint density at radius 3 is 1.52 bits per heavy atom. The van der Waals surface area contributed by atoms with E-state index in [1.807, 2.05) is 0 Å². The SMILES string of the molecule is C=CC[N+]1(CCCCCCCCCCCCCCCC)CC2CCCCC2C1.[I-]. The van der Waals surface area contributed by atoms with Gasteiger partial charge in [-0.1, -0.05) is 103 Å². The zero-order chi connectivity index (χ0) is 19.9. The average molecular weight is 518 g/mol. The lowest BCUT2D eigenvalue weighted by Gasteiger charge is -2.34. The second-order valence-corrected chi connectivity index (χ2v) is 10.3. The van der Waals surface area contributed by atoms with E-state index in [2.05, 4.69) is 19.6 Å². The number of likely N-dealkylation sites (tertiary alicyclic amines) is 1. The first-order valence-electron chi connectivity index (χ1n) is 13.3. The van der Waals surface area contributed by atoms with Crippen LogP contribution in [0.5, 0.6) is 0 Å². The summed E-state index contributed by atoms with van der Waals surface area (Å²) in [6, 6.07) is 0. The van der Waals surface area contributed by atoms with Crippen LogP contribution in [0.3, 0.4) is 0 Å². The lowest BCUT2D eigenvalue weighted by Crippen LogP contribution is -3.00. The van der Waals surface area contributed by atoms with E-state index in [4.69, 9.17) is 0 Å². The number of unbranched alkanes of at least 4 members (excludes halogenated alkanes) is 13. The van der Waals surface area contributed by atoms with Crippen LogP contribution in [0.2, 0.25) is 0 Å². The molecular formula is C27H52IN. The minimum Gasteiger partial charge on any atom is -1.00 e. The van der Waals surface area contributed by atoms with Gasteiger partial charge in [-0.05, 0) is 31.8 Å². The molecule has 0 aromatic rings. The number of halogens is 1. The highest BCUT2D eigenvalue weighted by atomic mass is 127. The maximum Gasteiger partial charge on any atom is 0.0971 e. The molecule has 0 N–H and O–H groups in total. The van der Waals surface area contributed by atoms with Crippen LogP contribution in [-0.2, 0) is 0 Å². The molecule has 2 heteroatoms. The van der Waals surface area contributed by atoms with Gasteiger partial charge < -0.3 is 28.5 Å². The Bertz CT molecular complexity index is 380. The quantitative estimate of drug-likeness (QED) is 0.106. The van der Waals surface area contributed by atoms with E-state index in [0.717, 1.165) is 11.8 Å². The number of hydrogen-bond acceptors (Lipinski definition) is 0. The Kier molecular flexibility index (Phi) is 16.1. The first-order chi connectivity index (χ1) is 13.8. The van der Waals surface area contributed by atoms with Gasteiger partial charge in [-0.15, -0.1) is 0 Å². The van der Waals surface area contributed by atoms with Crippen LogP contribution in [0, 0.1) is 11.8 Å². The van der Waals surface area contributed by atoms with Crippen LogP contribution >= 0.6 is 0 Å². The monoisotopic (exact) mass is 517 g/mol. The standard InChI is InChI=1S/C27H52N.HI/c1-3-5-6-7-8-9-10-11-12-13-14-15-16-19-23-28(22-4-2)24-26-20-17-18-21-27(26)25-28;/h4,26-27H,2-3,5-25H2,1H3;1H/q+1;/p-1. The molecule has 1 aliphatic heterocycles. The normalized spacial score (nSPS) is 26.1. The highest BCUT2D eigenvalue weighted by Crippen LogP contribution is 2.40. The number of quaternary nitrogens is 1. The minimum absolute atomic E-state index is 0. The van der Waals surface area contributed by atoms with Gasteiger partial charge in [0.15, 0.2) is 0 Å². The molecule has 1 nitrogen and oxygen atoms in total. The molecule has 2 unspecified atom stereocenters. The van der Waals surface area contributed by atoms with E-state index in [-0.39, 0.29) is 24.0 Å². The van der Waals surface area contributed by atoms with Crippen LogP contribution in [0.4, 0.5) is 0 Å². The third-order valence-electron chi connectivity index (χ3n) is 7.81. The molecule has 2 rings (SSSR count). The molecule has 2 aliphatic rings. The van der Waals surface area contributed by atoms with Crippen LogP contribution < -0.4 is 24.0 Å². The highest BCUT2D eigenvalue weighted by molar-refractivity contribution is 4.82. The van der Waals surface area contributed by atoms with Crippen molar-refractivity contribution in [2.45, 2.75) is 122 Å². The van der Waals surface area contributed by atoms with Crippen molar-refractivity contribution in [1.82, 2.24) is 0 Å². The molecule has 2 fully saturated rings. The molecule has 0 amide bonds. The van der Waals surface area contributed by atoms with Gasteiger partial charge in [0.1, 0.15) is 0 Å². The van der Waals surface area contributed by atoms with Crippen molar-refractivity contribution in [2.24, 2.45) is 11.8 Å². The Morgan fingerprint density at radius 2 is 1.10 bits per heavy atom. The summed E-state index contributed by atoms with van der Waals surface area (Å²) >= 11 is 0. The van der Waals surface area contributed by atoms with Crippen molar-refractivity contribution < 1.29 is 28.5 Å². The van der Waals surface area contributed by atoms with Crippen LogP contribution in [-0.4, -0.2) is 30.7 Å². The summed E-state index contributed by atoms with van der Waals surface area (Å²) in [5, 5.41) is 0. The number of rotatable bonds is 17. The Labute approximate surface area is 201 Å². The van der Waals surface area contributed by atoms with Gasteiger partial charge in [0.25, 0.3) is 0 Å². The predicted octanol–water partition coefficient (Wildman–Crippen LogP) is 5.29. The van der Waals surface area contributed by atoms with Crippen molar-refractivity contribution in [3.63, 3.8) is 0 Å². The van der Waals surface area contributed by atoms with E-state index >= 15 is 0 Å². The van der Waals surface area contributed by atoms with E-state index in [9.17, 15) is 0 Å². The summed E-state index contributed by atoms with van der Waals surface area (Å²) < 4.78 is 1.39. The summed E-state index contributed by atoms with van der Waals surface area (Å²) in [5.74, 6) is 2.08. The lowest BCUT2D eigenvalue weighted by molar-refractivity contribution is -0.914. The van der Waals surface area contributed by atoms with E-state index in [1.165, 1.54) is 146 Å². The fourth-order valence-corrected chi connectivity index (χ4v) is 6.17. The number of nitrogens with zero attached hydrogens (tertiary/aromatic N) is 1. The zero-order valence-electron chi connectivity index (χ0n) is 19.8. The molecule has 1 saturated carbocycles. The molecule has 1 heterocycles. The van der Waals surface area contributed by atoms with Crippen LogP contribution in [0.15, 0.2) is 12.7 Å². The minimum atomic E-state index is 0. The summed E-state index contributed by atoms with van der Waals surface area (Å²) in [4.78, 5) is 0. The topological polar surface area (TPSA) is 0 Å². The highest BCUT2D eigenvalue weighted by Gasteiger charge is 2.44. The van der Waals surface area contributed by atoms with Crippen molar-refractivity contribution in [3.8, 4) is 0 Å². The number of fused-ring (bicyclic) bond motifs is 1. The molecule has 1 aliphatic carbocycles. The van der Waals surface area contributed by atoms with Crippen molar-refractivity contribution >= 4 is 0 Å². The van der Waals surface area contributed by atoms with Gasteiger partial charge in [0.05, 0.1) is 26.2 Å². The third kappa shape index (κ3) is 11.0. The second kappa shape index (κ2) is 17.0. The molecule has 2 atom stereocenters. The van der Waals surface area contributed by atoms with Gasteiger partial charge in [-0.25, -0.2) is 0 Å². The Balaban J connectivity index is 0.00000420. The van der Waals surface area contributed by atoms with Crippen LogP contribution in [0.1, 0.15) is 122 Å². The van der Waals surface area contributed by atoms with Gasteiger partial charge in [0.2, 0.25) is 0 Å². The molecular weight excluding hydrogens is 465 g/mol. The fraction of sp³-hybridized carbons (Fsp3) is 0.926. The molecule has 29 heavy (non-hydrogen) atoms. The molecule has 0 radical (unpaired) electrons. The van der Waals surface area contributed by atoms with Gasteiger partial charge in [0, 0.05) is 11.8 Å². The van der Waals surface area contributed by atoms with Gasteiger partial charge in [-0.3, -0.25) is 0 Å². The molecule has 0 bridgehead atoms. The lowest BCUT2D eigenvalue weighted by atomic mass is 9.82. The fourth-order valence-electron chi connectivity index (χ4n) is 6.17. The summed E-state index contributed by atoms with van der Waals surface area (Å²) in [6.45, 7) is 12.0. The maximum absolute atomic E-state index is 4.09. The summed E-state index contributed by atoms with van der Waals surface area (Å²) in [7, 11) is 0. The average Bonchev–Trinajstić information content (AvgIpc) is 3.07. The van der Waals surface area contributed by atoms with E-state index in [1.54, 1.807) is 0 Å². The molecule has 0 spiro atoms. The zero-order valence-corrected chi connectivity index (χ0v) is 22.0. The first kappa shape index (κ1) is 27.5. The summed E-state index contributed by atoms with van der Waals surface area (Å²) in [6.07, 6.45) is 28.7. The Morgan fingerprint density at radius 1 is 0.690 bits per heavy atom. The van der Waals surface area contributed by atoms with Gasteiger partial charge >= 0.3 is 0 Å². The molecule has 0 aromatic carbocycles. The third-order valence-corrected chi connectivity index (χ3v) is 7.81. The molecule has 0 aromatic heterocycles. The first-order valence-corrected chi connectivity index (χ1v) is 13.3. The molecule has 172 valence electrons. The maximum atomic E-state index is 4.09. The van der Waals surface area contributed by atoms with E-state index < -0.39 is 0 Å². The smallest absolute Gasteiger partial charge is 0.0971 e. The van der Waals surface area contributed by atoms with Crippen LogP contribution in [0.25, 0.3) is 0 Å². The van der Waals surface area contributed by atoms with Crippen molar-refractivity contribution in [3.05, 3.63) is 12.7 Å².